The maximum atomic E-state index is 13.0. The first kappa shape index (κ1) is 46.5. The van der Waals surface area contributed by atoms with Crippen LogP contribution in [0.1, 0.15) is 43.2 Å². The molecule has 76 heavy (non-hydrogen) atoms. The van der Waals surface area contributed by atoms with Gasteiger partial charge in [0, 0.05) is 27.4 Å². The number of hydrogen-bond acceptors (Lipinski definition) is 4. The van der Waals surface area contributed by atoms with E-state index in [1.54, 1.807) is 0 Å². The Morgan fingerprint density at radius 2 is 0.658 bits per heavy atom. The number of fused-ring (bicyclic) bond motifs is 2. The summed E-state index contributed by atoms with van der Waals surface area (Å²) in [6, 6.07) is 83.6. The van der Waals surface area contributed by atoms with E-state index in [2.05, 4.69) is 212 Å². The van der Waals surface area contributed by atoms with Crippen LogP contribution in [0.2, 0.25) is 0 Å². The maximum Gasteiger partial charge on any atom is 0.164 e. The largest absolute Gasteiger partial charge is 0.319 e. The second-order valence-electron chi connectivity index (χ2n) is 22.2. The Hall–Kier alpha value is -8.04. The molecule has 10 aromatic carbocycles. The van der Waals surface area contributed by atoms with Gasteiger partial charge in [0.1, 0.15) is 7.14 Å². The standard InChI is InChI=1S/C71H58N3OP/c1-76(2,75)59-39-33-51(34-40-59)67-64-23-13-11-21-62(64)66(63-22-12-14-24-65(63)67)50-29-35-55(36-30-50)71(57-42-46-41-47(44-57)45-58(71)43-46)56-37-31-54(32-38-56)70-73-68(52-17-7-4-8-18-52)72-69(74-70)53-27-25-49(26-28-53)61-20-10-9-19-60(61)48-15-5-3-6-16-48/h3-40,46-47,57-58H,41-45H2,1-2H3. The van der Waals surface area contributed by atoms with Crippen molar-refractivity contribution in [3.63, 3.8) is 0 Å². The van der Waals surface area contributed by atoms with Gasteiger partial charge in [0.25, 0.3) is 0 Å². The molecule has 0 amide bonds. The van der Waals surface area contributed by atoms with Gasteiger partial charge in [0.15, 0.2) is 17.5 Å². The van der Waals surface area contributed by atoms with E-state index < -0.39 is 7.14 Å². The SMILES string of the molecule is CP(C)(=O)c1ccc(-c2c3ccccc3c(-c3ccc(C4(c5ccc(-c6nc(-c7ccccc7)nc(-c7ccc(-c8ccccc8-c8ccccc8)cc7)n6)cc5)C5CC6CC(C5)CC4C6)cc3)c3ccccc23)cc1. The highest BCUT2D eigenvalue weighted by Gasteiger charge is 2.58. The van der Waals surface area contributed by atoms with Crippen LogP contribution in [0.4, 0.5) is 0 Å². The minimum absolute atomic E-state index is 0.0914. The smallest absolute Gasteiger partial charge is 0.164 e. The summed E-state index contributed by atoms with van der Waals surface area (Å²) in [5, 5.41) is 5.83. The van der Waals surface area contributed by atoms with Gasteiger partial charge in [-0.05, 0) is 146 Å². The third-order valence-corrected chi connectivity index (χ3v) is 19.1. The van der Waals surface area contributed by atoms with Crippen LogP contribution in [0.25, 0.3) is 100 Å². The number of rotatable bonds is 10. The van der Waals surface area contributed by atoms with E-state index >= 15 is 0 Å². The fourth-order valence-corrected chi connectivity index (χ4v) is 15.2. The molecule has 0 radical (unpaired) electrons. The predicted octanol–water partition coefficient (Wildman–Crippen LogP) is 17.8. The van der Waals surface area contributed by atoms with Crippen LogP contribution in [-0.4, -0.2) is 28.3 Å². The van der Waals surface area contributed by atoms with E-state index in [-0.39, 0.29) is 5.41 Å². The first-order chi connectivity index (χ1) is 37.3. The van der Waals surface area contributed by atoms with Gasteiger partial charge in [-0.15, -0.1) is 0 Å². The molecule has 0 spiro atoms. The molecule has 1 aromatic heterocycles. The summed E-state index contributed by atoms with van der Waals surface area (Å²) in [4.78, 5) is 15.5. The Balaban J connectivity index is 0.844. The lowest BCUT2D eigenvalue weighted by Gasteiger charge is -2.62. The minimum Gasteiger partial charge on any atom is -0.319 e. The third kappa shape index (κ3) is 7.96. The van der Waals surface area contributed by atoms with Crippen LogP contribution < -0.4 is 5.30 Å². The molecule has 11 aromatic rings. The van der Waals surface area contributed by atoms with Crippen molar-refractivity contribution in [2.24, 2.45) is 23.7 Å². The van der Waals surface area contributed by atoms with Crippen molar-refractivity contribution in [2.45, 2.75) is 37.5 Å². The summed E-state index contributed by atoms with van der Waals surface area (Å²) >= 11 is 0. The van der Waals surface area contributed by atoms with Crippen molar-refractivity contribution in [3.8, 4) is 78.7 Å². The summed E-state index contributed by atoms with van der Waals surface area (Å²) in [5.41, 5.74) is 15.3. The van der Waals surface area contributed by atoms with Crippen molar-refractivity contribution >= 4 is 34.0 Å². The molecule has 4 saturated carbocycles. The highest BCUT2D eigenvalue weighted by Crippen LogP contribution is 2.65. The number of aromatic nitrogens is 3. The molecule has 368 valence electrons. The Bertz CT molecular complexity index is 3930. The molecule has 0 N–H and O–H groups in total. The third-order valence-electron chi connectivity index (χ3n) is 17.5. The second kappa shape index (κ2) is 18.7. The Labute approximate surface area is 446 Å². The molecule has 4 fully saturated rings. The monoisotopic (exact) mass is 999 g/mol. The lowest BCUT2D eigenvalue weighted by molar-refractivity contribution is -0.0418. The maximum absolute atomic E-state index is 13.0. The Morgan fingerprint density at radius 3 is 1.08 bits per heavy atom. The van der Waals surface area contributed by atoms with E-state index in [9.17, 15) is 4.57 Å². The summed E-state index contributed by atoms with van der Waals surface area (Å²) in [7, 11) is -2.38. The molecule has 4 aliphatic rings. The van der Waals surface area contributed by atoms with Crippen molar-refractivity contribution in [2.75, 3.05) is 13.3 Å². The van der Waals surface area contributed by atoms with Gasteiger partial charge in [-0.3, -0.25) is 0 Å². The molecule has 4 aliphatic carbocycles. The molecule has 0 saturated heterocycles. The fraction of sp³-hybridized carbons (Fsp3) is 0.169. The van der Waals surface area contributed by atoms with Gasteiger partial charge in [0.05, 0.1) is 0 Å². The van der Waals surface area contributed by atoms with Crippen LogP contribution in [0, 0.1) is 23.7 Å². The molecular weight excluding hydrogens is 942 g/mol. The Morgan fingerprint density at radius 1 is 0.342 bits per heavy atom. The zero-order chi connectivity index (χ0) is 51.0. The summed E-state index contributed by atoms with van der Waals surface area (Å²) in [6.45, 7) is 3.69. The van der Waals surface area contributed by atoms with Crippen LogP contribution in [0.5, 0.6) is 0 Å². The average molecular weight is 1000 g/mol. The molecular formula is C71H58N3OP. The van der Waals surface area contributed by atoms with Crippen molar-refractivity contribution in [1.29, 1.82) is 0 Å². The Kier molecular flexibility index (Phi) is 11.4. The van der Waals surface area contributed by atoms with Gasteiger partial charge >= 0.3 is 0 Å². The highest BCUT2D eigenvalue weighted by molar-refractivity contribution is 7.70. The van der Waals surface area contributed by atoms with Crippen molar-refractivity contribution in [3.05, 3.63) is 242 Å². The van der Waals surface area contributed by atoms with Crippen LogP contribution in [-0.2, 0) is 9.98 Å². The normalized spacial score (nSPS) is 19.8. The molecule has 0 aliphatic heterocycles. The zero-order valence-electron chi connectivity index (χ0n) is 43.0. The zero-order valence-corrected chi connectivity index (χ0v) is 43.9. The minimum atomic E-state index is -2.38. The molecule has 0 unspecified atom stereocenters. The molecule has 4 nitrogen and oxygen atoms in total. The predicted molar refractivity (Wildman–Crippen MR) is 316 cm³/mol. The fourth-order valence-electron chi connectivity index (χ4n) is 14.3. The van der Waals surface area contributed by atoms with Crippen molar-refractivity contribution < 1.29 is 4.57 Å². The lowest BCUT2D eigenvalue weighted by atomic mass is 9.42. The van der Waals surface area contributed by atoms with Crippen LogP contribution in [0.3, 0.4) is 0 Å². The molecule has 1 heterocycles. The van der Waals surface area contributed by atoms with Crippen LogP contribution >= 0.6 is 7.14 Å². The number of nitrogens with zero attached hydrogens (tertiary/aromatic N) is 3. The van der Waals surface area contributed by atoms with E-state index in [4.69, 9.17) is 15.0 Å². The molecule has 4 bridgehead atoms. The second-order valence-corrected chi connectivity index (χ2v) is 25.4. The van der Waals surface area contributed by atoms with Gasteiger partial charge in [-0.25, -0.2) is 15.0 Å². The van der Waals surface area contributed by atoms with Crippen molar-refractivity contribution in [1.82, 2.24) is 15.0 Å². The summed E-state index contributed by atoms with van der Waals surface area (Å²) in [6.07, 6.45) is 6.55. The van der Waals surface area contributed by atoms with Gasteiger partial charge in [-0.2, -0.15) is 0 Å². The van der Waals surface area contributed by atoms with E-state index in [0.717, 1.165) is 45.0 Å². The van der Waals surface area contributed by atoms with Gasteiger partial charge in [0.2, 0.25) is 0 Å². The van der Waals surface area contributed by atoms with E-state index in [0.29, 0.717) is 29.3 Å². The highest BCUT2D eigenvalue weighted by atomic mass is 31.2. The number of benzene rings is 10. The van der Waals surface area contributed by atoms with E-state index in [1.807, 2.05) is 31.5 Å². The van der Waals surface area contributed by atoms with E-state index in [1.165, 1.54) is 98.2 Å². The lowest BCUT2D eigenvalue weighted by Crippen LogP contribution is -2.56. The first-order valence-electron chi connectivity index (χ1n) is 27.1. The molecule has 5 heteroatoms. The molecule has 15 rings (SSSR count). The summed E-state index contributed by atoms with van der Waals surface area (Å²) in [5.74, 6) is 4.80. The van der Waals surface area contributed by atoms with Crippen LogP contribution in [0.15, 0.2) is 231 Å². The van der Waals surface area contributed by atoms with Gasteiger partial charge in [-0.1, -0.05) is 231 Å². The average Bonchev–Trinajstić information content (AvgIpc) is 3.63. The quantitative estimate of drug-likeness (QED) is 0.101. The topological polar surface area (TPSA) is 55.7 Å². The van der Waals surface area contributed by atoms with Gasteiger partial charge < -0.3 is 4.57 Å². The number of hydrogen-bond donors (Lipinski definition) is 0. The summed E-state index contributed by atoms with van der Waals surface area (Å²) < 4.78 is 13.0. The first-order valence-corrected chi connectivity index (χ1v) is 29.7. The molecule has 0 atom stereocenters.